The number of hydrogen-bond donors (Lipinski definition) is 0. The van der Waals surface area contributed by atoms with Gasteiger partial charge in [0.15, 0.2) is 0 Å². The quantitative estimate of drug-likeness (QED) is 0.227. The van der Waals surface area contributed by atoms with E-state index < -0.39 is 25.1 Å². The summed E-state index contributed by atoms with van der Waals surface area (Å²) in [5, 5.41) is 3.20. The van der Waals surface area contributed by atoms with Crippen molar-refractivity contribution in [2.24, 2.45) is 0 Å². The summed E-state index contributed by atoms with van der Waals surface area (Å²) < 4.78 is 1.30. The molecular formula is C43H34Cl2HfSi. The summed E-state index contributed by atoms with van der Waals surface area (Å²) in [6.45, 7) is 0. The van der Waals surface area contributed by atoms with E-state index in [0.717, 1.165) is 0 Å². The van der Waals surface area contributed by atoms with E-state index in [2.05, 4.69) is 182 Å². The number of halogens is 2. The number of allylic oxidation sites excluding steroid dienone is 2. The Bertz CT molecular complexity index is 1960. The van der Waals surface area contributed by atoms with Gasteiger partial charge in [0.05, 0.1) is 0 Å². The molecule has 9 rings (SSSR count). The Morgan fingerprint density at radius 3 is 1.19 bits per heavy atom. The first-order valence-corrected chi connectivity index (χ1v) is 30.4. The molecule has 0 saturated heterocycles. The molecule has 0 bridgehead atoms. The van der Waals surface area contributed by atoms with Gasteiger partial charge in [-0.15, -0.1) is 0 Å². The van der Waals surface area contributed by atoms with Crippen LogP contribution in [0.4, 0.5) is 0 Å². The predicted octanol–water partition coefficient (Wildman–Crippen LogP) is 2.99. The van der Waals surface area contributed by atoms with Crippen LogP contribution in [0.1, 0.15) is 44.4 Å². The molecule has 0 spiro atoms. The van der Waals surface area contributed by atoms with E-state index in [9.17, 15) is 0 Å². The summed E-state index contributed by atoms with van der Waals surface area (Å²) in [4.78, 5) is 0. The first-order valence-electron chi connectivity index (χ1n) is 16.2. The summed E-state index contributed by atoms with van der Waals surface area (Å²) in [5.41, 5.74) is 12.0. The number of rotatable bonds is 6. The molecule has 0 saturated carbocycles. The van der Waals surface area contributed by atoms with Gasteiger partial charge in [0.1, 0.15) is 0 Å². The van der Waals surface area contributed by atoms with Gasteiger partial charge in [-0.2, -0.15) is 0 Å². The molecule has 3 aliphatic carbocycles. The van der Waals surface area contributed by atoms with Crippen molar-refractivity contribution in [3.05, 3.63) is 203 Å². The molecule has 47 heavy (non-hydrogen) atoms. The van der Waals surface area contributed by atoms with Crippen LogP contribution in [0.3, 0.4) is 0 Å². The third-order valence-electron chi connectivity index (χ3n) is 10.8. The molecular weight excluding hydrogens is 794 g/mol. The monoisotopic (exact) mass is 828 g/mol. The van der Waals surface area contributed by atoms with Gasteiger partial charge in [-0.1, -0.05) is 0 Å². The molecule has 3 aliphatic rings. The third kappa shape index (κ3) is 4.96. The van der Waals surface area contributed by atoms with Crippen molar-refractivity contribution < 1.29 is 44.0 Å². The van der Waals surface area contributed by atoms with Gasteiger partial charge in [-0.3, -0.25) is 0 Å². The van der Waals surface area contributed by atoms with Crippen LogP contribution in [0, 0.1) is 0 Å². The fourth-order valence-electron chi connectivity index (χ4n) is 9.20. The van der Waals surface area contributed by atoms with E-state index in [4.69, 9.17) is 0 Å². The maximum absolute atomic E-state index is 4.12. The number of hydrogen-bond acceptors (Lipinski definition) is 0. The van der Waals surface area contributed by atoms with E-state index in [1.165, 1.54) is 22.3 Å². The average Bonchev–Trinajstić information content (AvgIpc) is 3.83. The van der Waals surface area contributed by atoms with Crippen LogP contribution in [0.15, 0.2) is 170 Å². The third-order valence-corrected chi connectivity index (χ3v) is 57.6. The maximum atomic E-state index is 2.68. The molecule has 228 valence electrons. The maximum Gasteiger partial charge on any atom is -1.00 e. The van der Waals surface area contributed by atoms with Gasteiger partial charge in [-0.05, 0) is 0 Å². The predicted molar refractivity (Wildman–Crippen MR) is 189 cm³/mol. The van der Waals surface area contributed by atoms with E-state index in [0.29, 0.717) is 11.0 Å². The minimum atomic E-state index is -4.12. The largest absolute Gasteiger partial charge is 1.00 e. The zero-order chi connectivity index (χ0) is 29.8. The summed E-state index contributed by atoms with van der Waals surface area (Å²) in [6.07, 6.45) is 10.3. The molecule has 0 amide bonds. The van der Waals surface area contributed by atoms with E-state index in [1.807, 2.05) is 0 Å². The van der Waals surface area contributed by atoms with Crippen LogP contribution in [-0.4, -0.2) is 5.98 Å². The van der Waals surface area contributed by atoms with Crippen molar-refractivity contribution in [2.45, 2.75) is 11.0 Å². The van der Waals surface area contributed by atoms with Crippen molar-refractivity contribution >= 4 is 28.5 Å². The molecule has 6 aromatic carbocycles. The van der Waals surface area contributed by atoms with Gasteiger partial charge in [0, 0.05) is 0 Å². The minimum absolute atomic E-state index is 0. The van der Waals surface area contributed by atoms with Crippen molar-refractivity contribution in [3.8, 4) is 11.1 Å². The first-order chi connectivity index (χ1) is 22.4. The number of benzene rings is 6. The second kappa shape index (κ2) is 13.2. The SMILES string of the molecule is C1=C[CH]([Hf+2]([CH]2C=Cc3ccccc32)([CH]2c3ccccc3-c3ccccc32)[SiH](c2ccccc2)c2ccccc2)c2ccccc21.[Cl-].[Cl-]. The first kappa shape index (κ1) is 32.0. The van der Waals surface area contributed by atoms with E-state index in [1.54, 1.807) is 32.6 Å². The van der Waals surface area contributed by atoms with Crippen molar-refractivity contribution in [1.29, 1.82) is 0 Å². The van der Waals surface area contributed by atoms with Crippen LogP contribution in [0.25, 0.3) is 23.3 Å². The second-order valence-electron chi connectivity index (χ2n) is 12.8. The van der Waals surface area contributed by atoms with Crippen molar-refractivity contribution in [1.82, 2.24) is 0 Å². The molecule has 0 nitrogen and oxygen atoms in total. The van der Waals surface area contributed by atoms with Crippen LogP contribution in [0.5, 0.6) is 0 Å². The molecule has 0 aromatic heterocycles. The molecule has 2 unspecified atom stereocenters. The van der Waals surface area contributed by atoms with Crippen LogP contribution < -0.4 is 35.2 Å². The van der Waals surface area contributed by atoms with Crippen LogP contribution in [0.2, 0.25) is 0 Å². The zero-order valence-corrected chi connectivity index (χ0v) is 32.1. The summed E-state index contributed by atoms with van der Waals surface area (Å²) in [5.74, 6) is -1.88. The Kier molecular flexibility index (Phi) is 8.98. The van der Waals surface area contributed by atoms with Gasteiger partial charge >= 0.3 is 273 Å². The Balaban J connectivity index is 0.00000176. The summed E-state index contributed by atoms with van der Waals surface area (Å²) >= 11 is -4.12. The molecule has 2 atom stereocenters. The Labute approximate surface area is 295 Å². The van der Waals surface area contributed by atoms with Crippen LogP contribution >= 0.6 is 0 Å². The molecule has 0 fully saturated rings. The summed E-state index contributed by atoms with van der Waals surface area (Å²) in [7, 11) is 0. The number of fused-ring (bicyclic) bond motifs is 5. The fraction of sp³-hybridized carbons (Fsp3) is 0.0698. The Morgan fingerprint density at radius 1 is 0.383 bits per heavy atom. The molecule has 0 heterocycles. The van der Waals surface area contributed by atoms with Crippen molar-refractivity contribution in [3.63, 3.8) is 0 Å². The van der Waals surface area contributed by atoms with E-state index >= 15 is 0 Å². The van der Waals surface area contributed by atoms with Gasteiger partial charge in [0.25, 0.3) is 0 Å². The van der Waals surface area contributed by atoms with Crippen LogP contribution in [-0.2, 0) is 19.1 Å². The fourth-order valence-corrected chi connectivity index (χ4v) is 67.1. The standard InChI is InChI=1S/C13H9.C12H11Si.2C9H7.2ClH.Hf/c1-3-7-12-10(5-1)9-11-6-2-4-8-13(11)12;1-3-7-11(8-4-1)13-12-9-5-2-6-10-12;2*1-2-5-9-7-3-6-8(9)4-1;;;/h1-9H;1-10,13H;2*1-7H;2*1H;/q;;;;;;+2/p-2. The van der Waals surface area contributed by atoms with Gasteiger partial charge in [-0.25, -0.2) is 0 Å². The second-order valence-corrected chi connectivity index (χ2v) is 43.1. The topological polar surface area (TPSA) is 0 Å². The Hall–Kier alpha value is -3.53. The Morgan fingerprint density at radius 2 is 0.745 bits per heavy atom. The molecule has 0 aliphatic heterocycles. The molecule has 4 heteroatoms. The van der Waals surface area contributed by atoms with Gasteiger partial charge < -0.3 is 24.8 Å². The minimum Gasteiger partial charge on any atom is -1.00 e. The van der Waals surface area contributed by atoms with Crippen molar-refractivity contribution in [2.75, 3.05) is 0 Å². The molecule has 6 aromatic rings. The summed E-state index contributed by atoms with van der Waals surface area (Å²) in [6, 6.07) is 61.0. The van der Waals surface area contributed by atoms with E-state index in [-0.39, 0.29) is 24.8 Å². The smallest absolute Gasteiger partial charge is 1.00 e. The average molecular weight is 828 g/mol. The normalized spacial score (nSPS) is 17.3. The molecule has 0 N–H and O–H groups in total. The molecule has 0 radical (unpaired) electrons. The zero-order valence-electron chi connectivity index (χ0n) is 25.9. The van der Waals surface area contributed by atoms with Gasteiger partial charge in [0.2, 0.25) is 0 Å².